The van der Waals surface area contributed by atoms with Crippen LogP contribution >= 0.6 is 0 Å². The number of aromatic nitrogens is 3. The van der Waals surface area contributed by atoms with Gasteiger partial charge in [-0.3, -0.25) is 14.5 Å². The molecule has 0 aliphatic rings. The zero-order valence-electron chi connectivity index (χ0n) is 12.3. The Labute approximate surface area is 133 Å². The number of anilines is 1. The van der Waals surface area contributed by atoms with Gasteiger partial charge < -0.3 is 10.4 Å². The number of nitrogens with one attached hydrogen (secondary N) is 1. The van der Waals surface area contributed by atoms with Gasteiger partial charge in [0.2, 0.25) is 0 Å². The highest BCUT2D eigenvalue weighted by Crippen LogP contribution is 2.15. The first-order valence-corrected chi connectivity index (χ1v) is 7.18. The van der Waals surface area contributed by atoms with Crippen LogP contribution in [-0.4, -0.2) is 25.8 Å². The van der Waals surface area contributed by atoms with E-state index < -0.39 is 12.0 Å². The van der Waals surface area contributed by atoms with Crippen LogP contribution < -0.4 is 5.32 Å². The van der Waals surface area contributed by atoms with Gasteiger partial charge in [0.1, 0.15) is 0 Å². The topological polar surface area (TPSA) is 80.0 Å². The van der Waals surface area contributed by atoms with Crippen molar-refractivity contribution in [2.45, 2.75) is 12.6 Å². The van der Waals surface area contributed by atoms with E-state index in [-0.39, 0.29) is 0 Å². The largest absolute Gasteiger partial charge is 0.378 e. The van der Waals surface area contributed by atoms with E-state index in [0.717, 1.165) is 5.69 Å². The minimum Gasteiger partial charge on any atom is -0.378 e. The Morgan fingerprint density at radius 1 is 1.17 bits per heavy atom. The molecule has 6 nitrogen and oxygen atoms in total. The van der Waals surface area contributed by atoms with Crippen LogP contribution in [0.15, 0.2) is 67.1 Å². The lowest BCUT2D eigenvalue weighted by Crippen LogP contribution is -2.20. The van der Waals surface area contributed by atoms with Gasteiger partial charge in [-0.15, -0.1) is 0 Å². The Kier molecular flexibility index (Phi) is 4.44. The van der Waals surface area contributed by atoms with Gasteiger partial charge in [-0.2, -0.15) is 5.10 Å². The number of benzene rings is 1. The number of pyridine rings is 1. The molecule has 0 fully saturated rings. The number of rotatable bonds is 5. The number of aliphatic hydroxyl groups is 1. The van der Waals surface area contributed by atoms with Crippen LogP contribution in [0.25, 0.3) is 0 Å². The Morgan fingerprint density at radius 2 is 1.96 bits per heavy atom. The van der Waals surface area contributed by atoms with E-state index in [1.165, 1.54) is 0 Å². The van der Waals surface area contributed by atoms with E-state index in [4.69, 9.17) is 0 Å². The number of carbonyl (C=O) groups is 1. The van der Waals surface area contributed by atoms with Crippen molar-refractivity contribution >= 4 is 11.6 Å². The number of hydrogen-bond donors (Lipinski definition) is 2. The molecule has 0 aliphatic heterocycles. The molecule has 0 saturated carbocycles. The third kappa shape index (κ3) is 3.81. The number of carbonyl (C=O) groups excluding carboxylic acids is 1. The third-order valence-corrected chi connectivity index (χ3v) is 3.31. The molecule has 1 atom stereocenters. The van der Waals surface area contributed by atoms with Crippen LogP contribution in [0.2, 0.25) is 0 Å². The summed E-state index contributed by atoms with van der Waals surface area (Å²) in [5.74, 6) is -0.492. The van der Waals surface area contributed by atoms with Crippen molar-refractivity contribution in [1.29, 1.82) is 0 Å². The molecular formula is C17H16N4O2. The minimum absolute atomic E-state index is 0.492. The maximum absolute atomic E-state index is 12.1. The fourth-order valence-corrected chi connectivity index (χ4v) is 2.17. The maximum atomic E-state index is 12.1. The van der Waals surface area contributed by atoms with E-state index in [1.54, 1.807) is 47.5 Å². The lowest BCUT2D eigenvalue weighted by molar-refractivity contribution is -0.124. The van der Waals surface area contributed by atoms with Gasteiger partial charge in [-0.1, -0.05) is 36.4 Å². The highest BCUT2D eigenvalue weighted by atomic mass is 16.3. The summed E-state index contributed by atoms with van der Waals surface area (Å²) >= 11 is 0. The zero-order valence-corrected chi connectivity index (χ0v) is 12.3. The smallest absolute Gasteiger partial charge is 0.257 e. The molecule has 2 heterocycles. The van der Waals surface area contributed by atoms with Gasteiger partial charge in [0.25, 0.3) is 5.91 Å². The quantitative estimate of drug-likeness (QED) is 0.755. The van der Waals surface area contributed by atoms with Crippen molar-refractivity contribution in [3.8, 4) is 0 Å². The van der Waals surface area contributed by atoms with Crippen LogP contribution in [0.5, 0.6) is 0 Å². The molecule has 3 rings (SSSR count). The van der Waals surface area contributed by atoms with E-state index in [2.05, 4.69) is 15.4 Å². The van der Waals surface area contributed by atoms with Crippen LogP contribution in [0.1, 0.15) is 17.4 Å². The summed E-state index contributed by atoms with van der Waals surface area (Å²) in [5.41, 5.74) is 1.95. The second kappa shape index (κ2) is 6.85. The molecule has 2 aromatic heterocycles. The molecule has 6 heteroatoms. The predicted octanol–water partition coefficient (Wildman–Crippen LogP) is 2.00. The Bertz CT molecular complexity index is 772. The van der Waals surface area contributed by atoms with E-state index >= 15 is 0 Å². The van der Waals surface area contributed by atoms with Gasteiger partial charge in [-0.05, 0) is 17.7 Å². The van der Waals surface area contributed by atoms with E-state index in [0.29, 0.717) is 17.8 Å². The fourth-order valence-electron chi connectivity index (χ4n) is 2.17. The average molecular weight is 308 g/mol. The highest BCUT2D eigenvalue weighted by Gasteiger charge is 2.17. The first-order valence-electron chi connectivity index (χ1n) is 7.18. The van der Waals surface area contributed by atoms with Crippen molar-refractivity contribution in [2.75, 3.05) is 5.32 Å². The molecule has 1 amide bonds. The summed E-state index contributed by atoms with van der Waals surface area (Å²) in [6.07, 6.45) is 3.75. The summed E-state index contributed by atoms with van der Waals surface area (Å²) in [4.78, 5) is 16.3. The van der Waals surface area contributed by atoms with Crippen LogP contribution in [0, 0.1) is 0 Å². The zero-order chi connectivity index (χ0) is 16.1. The van der Waals surface area contributed by atoms with Gasteiger partial charge >= 0.3 is 0 Å². The Morgan fingerprint density at radius 3 is 2.70 bits per heavy atom. The summed E-state index contributed by atoms with van der Waals surface area (Å²) in [7, 11) is 0. The van der Waals surface area contributed by atoms with Crippen molar-refractivity contribution in [3.05, 3.63) is 78.4 Å². The van der Waals surface area contributed by atoms with E-state index in [1.807, 2.05) is 24.3 Å². The maximum Gasteiger partial charge on any atom is 0.257 e. The second-order valence-electron chi connectivity index (χ2n) is 5.05. The predicted molar refractivity (Wildman–Crippen MR) is 85.6 cm³/mol. The van der Waals surface area contributed by atoms with Crippen LogP contribution in [0.3, 0.4) is 0 Å². The van der Waals surface area contributed by atoms with Crippen molar-refractivity contribution in [2.24, 2.45) is 0 Å². The SMILES string of the molecule is O=C(Nc1cnn(Cc2ccccn2)c1)[C@H](O)c1ccccc1. The molecule has 0 spiro atoms. The molecule has 23 heavy (non-hydrogen) atoms. The van der Waals surface area contributed by atoms with Gasteiger partial charge in [0.15, 0.2) is 6.10 Å². The van der Waals surface area contributed by atoms with Gasteiger partial charge in [0.05, 0.1) is 24.1 Å². The molecule has 3 aromatic rings. The lowest BCUT2D eigenvalue weighted by atomic mass is 10.1. The van der Waals surface area contributed by atoms with E-state index in [9.17, 15) is 9.90 Å². The summed E-state index contributed by atoms with van der Waals surface area (Å²) in [6, 6.07) is 14.4. The van der Waals surface area contributed by atoms with Gasteiger partial charge in [0, 0.05) is 12.4 Å². The standard InChI is InChI=1S/C17H16N4O2/c22-16(13-6-2-1-3-7-13)17(23)20-15-10-19-21(12-15)11-14-8-4-5-9-18-14/h1-10,12,16,22H,11H2,(H,20,23)/t16-/m1/s1. The van der Waals surface area contributed by atoms with Crippen molar-refractivity contribution in [3.63, 3.8) is 0 Å². The Hall–Kier alpha value is -2.99. The molecule has 0 aliphatic carbocycles. The van der Waals surface area contributed by atoms with Crippen molar-refractivity contribution in [1.82, 2.24) is 14.8 Å². The van der Waals surface area contributed by atoms with Crippen LogP contribution in [0.4, 0.5) is 5.69 Å². The lowest BCUT2D eigenvalue weighted by Gasteiger charge is -2.10. The number of aliphatic hydroxyl groups excluding tert-OH is 1. The first kappa shape index (κ1) is 14.9. The first-order chi connectivity index (χ1) is 11.2. The Balaban J connectivity index is 1.63. The second-order valence-corrected chi connectivity index (χ2v) is 5.05. The number of hydrogen-bond acceptors (Lipinski definition) is 4. The minimum atomic E-state index is -1.21. The monoisotopic (exact) mass is 308 g/mol. The molecule has 2 N–H and O–H groups in total. The third-order valence-electron chi connectivity index (χ3n) is 3.31. The average Bonchev–Trinajstić information content (AvgIpc) is 3.02. The molecule has 0 unspecified atom stereocenters. The molecule has 0 radical (unpaired) electrons. The molecule has 0 bridgehead atoms. The fraction of sp³-hybridized carbons (Fsp3) is 0.118. The van der Waals surface area contributed by atoms with Crippen molar-refractivity contribution < 1.29 is 9.90 Å². The molecule has 0 saturated heterocycles. The summed E-state index contributed by atoms with van der Waals surface area (Å²) in [5, 5.41) is 16.9. The number of nitrogens with zero attached hydrogens (tertiary/aromatic N) is 3. The molecule has 116 valence electrons. The highest BCUT2D eigenvalue weighted by molar-refractivity contribution is 5.94. The summed E-state index contributed by atoms with van der Waals surface area (Å²) in [6.45, 7) is 0.512. The van der Waals surface area contributed by atoms with Crippen LogP contribution in [-0.2, 0) is 11.3 Å². The number of amides is 1. The normalized spacial score (nSPS) is 11.9. The molecule has 1 aromatic carbocycles. The summed E-state index contributed by atoms with van der Waals surface area (Å²) < 4.78 is 1.67. The molecular weight excluding hydrogens is 292 g/mol. The van der Waals surface area contributed by atoms with Gasteiger partial charge in [-0.25, -0.2) is 0 Å².